The molecule has 0 radical (unpaired) electrons. The molecular weight excluding hydrogens is 215 g/mol. The van der Waals surface area contributed by atoms with Gasteiger partial charge >= 0.3 is 7.25 Å². The number of allylic oxidation sites excluding steroid dienone is 2. The molecule has 0 aromatic heterocycles. The van der Waals surface area contributed by atoms with E-state index >= 15 is 0 Å². The van der Waals surface area contributed by atoms with Crippen LogP contribution in [-0.4, -0.2) is 31.7 Å². The second-order valence-electron chi connectivity index (χ2n) is 2.81. The second kappa shape index (κ2) is 5.42. The number of likely N-dealkylation sites (N-methyl/N-ethyl adjacent to an activating group) is 1. The summed E-state index contributed by atoms with van der Waals surface area (Å²) in [6, 6.07) is 0. The molecule has 0 aromatic rings. The topological polar surface area (TPSA) is 46.3 Å². The van der Waals surface area contributed by atoms with E-state index < -0.39 is 7.25 Å². The molecule has 1 aliphatic rings. The zero-order valence-corrected chi connectivity index (χ0v) is 7.96. The number of rotatable bonds is 1. The van der Waals surface area contributed by atoms with Crippen LogP contribution in [0.3, 0.4) is 0 Å². The highest BCUT2D eigenvalue weighted by atomic mass is 19.5. The second-order valence-corrected chi connectivity index (χ2v) is 2.81. The van der Waals surface area contributed by atoms with E-state index in [2.05, 4.69) is 0 Å². The van der Waals surface area contributed by atoms with E-state index in [4.69, 9.17) is 5.73 Å². The van der Waals surface area contributed by atoms with Crippen LogP contribution in [0.2, 0.25) is 0 Å². The predicted molar refractivity (Wildman–Crippen MR) is 49.2 cm³/mol. The first-order valence-electron chi connectivity index (χ1n) is 3.95. The van der Waals surface area contributed by atoms with Crippen molar-refractivity contribution in [3.8, 4) is 0 Å². The average Bonchev–Trinajstić information content (AvgIpc) is 2.00. The average molecular weight is 225 g/mol. The van der Waals surface area contributed by atoms with E-state index in [1.807, 2.05) is 24.2 Å². The first-order chi connectivity index (χ1) is 6.70. The lowest BCUT2D eigenvalue weighted by atomic mass is 10.2. The minimum absolute atomic E-state index is 0.337. The number of carbonyl (C=O) groups is 1. The van der Waals surface area contributed by atoms with Gasteiger partial charge in [-0.1, -0.05) is 6.08 Å². The maximum absolute atomic E-state index is 10.6. The molecule has 15 heavy (non-hydrogen) atoms. The number of hydrogen-bond acceptors (Lipinski definition) is 2. The van der Waals surface area contributed by atoms with E-state index in [-0.39, 0.29) is 5.91 Å². The van der Waals surface area contributed by atoms with Gasteiger partial charge in [0.15, 0.2) is 0 Å². The third kappa shape index (κ3) is 8.85. The van der Waals surface area contributed by atoms with E-state index in [1.165, 1.54) is 0 Å². The summed E-state index contributed by atoms with van der Waals surface area (Å²) in [4.78, 5) is 12.5. The highest BCUT2D eigenvalue weighted by Gasteiger charge is 2.20. The van der Waals surface area contributed by atoms with Crippen molar-refractivity contribution in [2.45, 2.75) is 0 Å². The molecule has 1 rings (SSSR count). The zero-order chi connectivity index (χ0) is 12.1. The smallest absolute Gasteiger partial charge is 0.418 e. The predicted octanol–water partition coefficient (Wildman–Crippen LogP) is 1.16. The summed E-state index contributed by atoms with van der Waals surface area (Å²) in [5.41, 5.74) is 5.72. The largest absolute Gasteiger partial charge is 0.673 e. The Balaban J connectivity index is 0.000000336. The molecule has 0 bridgehead atoms. The summed E-state index contributed by atoms with van der Waals surface area (Å²) in [7, 11) is -4.10. The van der Waals surface area contributed by atoms with Crippen LogP contribution in [0, 0.1) is 0 Å². The van der Waals surface area contributed by atoms with Gasteiger partial charge < -0.3 is 27.9 Å². The molecule has 2 N–H and O–H groups in total. The number of nitrogens with two attached hydrogens (primary N) is 1. The van der Waals surface area contributed by atoms with Gasteiger partial charge in [0.05, 0.1) is 0 Å². The minimum atomic E-state index is -6.00. The molecule has 1 heterocycles. The highest BCUT2D eigenvalue weighted by molar-refractivity contribution is 6.50. The first-order valence-corrected chi connectivity index (χ1v) is 3.95. The molecule has 8 heteroatoms. The van der Waals surface area contributed by atoms with Crippen LogP contribution in [0.25, 0.3) is 0 Å². The Morgan fingerprint density at radius 2 is 1.93 bits per heavy atom. The fourth-order valence-electron chi connectivity index (χ4n) is 0.840. The monoisotopic (exact) mass is 225 g/mol. The van der Waals surface area contributed by atoms with Crippen molar-refractivity contribution in [3.63, 3.8) is 0 Å². The standard InChI is InChI=1S/C7H10N2O.BF4/c1-9-4-2-3-6(5-9)7(8)10;2-1(3,4)5/h2-4H,5H2,1H3,(H2,8,10);/q;-1. The molecule has 1 amide bonds. The Hall–Kier alpha value is -1.47. The summed E-state index contributed by atoms with van der Waals surface area (Å²) in [5.74, 6) is -0.337. The minimum Gasteiger partial charge on any atom is -0.418 e. The van der Waals surface area contributed by atoms with Gasteiger partial charge in [0.25, 0.3) is 0 Å². The first kappa shape index (κ1) is 13.5. The summed E-state index contributed by atoms with van der Waals surface area (Å²) in [5, 5.41) is 0. The Labute approximate surface area is 84.3 Å². The van der Waals surface area contributed by atoms with Crippen LogP contribution in [-0.2, 0) is 4.79 Å². The molecule has 0 atom stereocenters. The van der Waals surface area contributed by atoms with Gasteiger partial charge in [0, 0.05) is 19.2 Å². The van der Waals surface area contributed by atoms with Crippen LogP contribution in [0.5, 0.6) is 0 Å². The molecule has 0 unspecified atom stereocenters. The molecule has 0 saturated carbocycles. The van der Waals surface area contributed by atoms with Crippen molar-refractivity contribution in [3.05, 3.63) is 23.9 Å². The maximum Gasteiger partial charge on any atom is 0.673 e. The molecule has 3 nitrogen and oxygen atoms in total. The molecule has 0 aromatic carbocycles. The van der Waals surface area contributed by atoms with Crippen molar-refractivity contribution >= 4 is 13.2 Å². The van der Waals surface area contributed by atoms with Crippen LogP contribution in [0.1, 0.15) is 0 Å². The van der Waals surface area contributed by atoms with E-state index in [9.17, 15) is 22.1 Å². The van der Waals surface area contributed by atoms with Crippen molar-refractivity contribution in [2.24, 2.45) is 5.73 Å². The fourth-order valence-corrected chi connectivity index (χ4v) is 0.840. The van der Waals surface area contributed by atoms with Crippen LogP contribution < -0.4 is 5.73 Å². The van der Waals surface area contributed by atoms with Crippen LogP contribution in [0.15, 0.2) is 23.9 Å². The Morgan fingerprint density at radius 3 is 2.20 bits per heavy atom. The molecule has 0 spiro atoms. The van der Waals surface area contributed by atoms with E-state index in [0.29, 0.717) is 12.1 Å². The molecular formula is C7H10BF4N2O-. The third-order valence-electron chi connectivity index (χ3n) is 1.37. The highest BCUT2D eigenvalue weighted by Crippen LogP contribution is 2.06. The Morgan fingerprint density at radius 1 is 1.47 bits per heavy atom. The van der Waals surface area contributed by atoms with Gasteiger partial charge in [0.1, 0.15) is 0 Å². The molecule has 0 fully saturated rings. The van der Waals surface area contributed by atoms with Gasteiger partial charge in [-0.2, -0.15) is 0 Å². The Kier molecular flexibility index (Phi) is 4.89. The van der Waals surface area contributed by atoms with Crippen molar-refractivity contribution in [2.75, 3.05) is 13.6 Å². The van der Waals surface area contributed by atoms with Crippen molar-refractivity contribution in [1.29, 1.82) is 0 Å². The lowest BCUT2D eigenvalue weighted by Gasteiger charge is -2.17. The third-order valence-corrected chi connectivity index (χ3v) is 1.37. The van der Waals surface area contributed by atoms with Crippen molar-refractivity contribution in [1.82, 2.24) is 4.90 Å². The van der Waals surface area contributed by atoms with E-state index in [0.717, 1.165) is 0 Å². The van der Waals surface area contributed by atoms with Gasteiger partial charge in [-0.3, -0.25) is 4.79 Å². The van der Waals surface area contributed by atoms with Gasteiger partial charge in [-0.05, 0) is 12.3 Å². The number of hydrogen-bond donors (Lipinski definition) is 1. The number of amides is 1. The fraction of sp³-hybridized carbons (Fsp3) is 0.286. The van der Waals surface area contributed by atoms with Crippen molar-refractivity contribution < 1.29 is 22.1 Å². The molecule has 0 aliphatic carbocycles. The van der Waals surface area contributed by atoms with Gasteiger partial charge in [-0.15, -0.1) is 0 Å². The lowest BCUT2D eigenvalue weighted by Crippen LogP contribution is -2.25. The zero-order valence-electron chi connectivity index (χ0n) is 7.96. The van der Waals surface area contributed by atoms with Crippen LogP contribution >= 0.6 is 0 Å². The molecule has 86 valence electrons. The number of nitrogens with zero attached hydrogens (tertiary/aromatic N) is 1. The van der Waals surface area contributed by atoms with Gasteiger partial charge in [-0.25, -0.2) is 0 Å². The quantitative estimate of drug-likeness (QED) is 0.537. The number of primary amides is 1. The molecule has 0 saturated heterocycles. The Bertz CT molecular complexity index is 281. The maximum atomic E-state index is 10.6. The summed E-state index contributed by atoms with van der Waals surface area (Å²) >= 11 is 0. The SMILES string of the molecule is CN1C=CC=C(C(N)=O)C1.F[B-](F)(F)F. The summed E-state index contributed by atoms with van der Waals surface area (Å²) < 4.78 is 39.0. The lowest BCUT2D eigenvalue weighted by molar-refractivity contribution is -0.114. The molecule has 1 aliphatic heterocycles. The normalized spacial score (nSPS) is 15.3. The number of halogens is 4. The number of carbonyl (C=O) groups excluding carboxylic acids is 1. The van der Waals surface area contributed by atoms with E-state index in [1.54, 1.807) is 6.08 Å². The van der Waals surface area contributed by atoms with Crippen LogP contribution in [0.4, 0.5) is 17.3 Å². The summed E-state index contributed by atoms with van der Waals surface area (Å²) in [6.45, 7) is 0.617. The van der Waals surface area contributed by atoms with Gasteiger partial charge in [0.2, 0.25) is 5.91 Å². The summed E-state index contributed by atoms with van der Waals surface area (Å²) in [6.07, 6.45) is 5.44.